The predicted molar refractivity (Wildman–Crippen MR) is 65.3 cm³/mol. The molecular formula is C12H14BrNO2. The molecule has 86 valence electrons. The van der Waals surface area contributed by atoms with Crippen LogP contribution in [0, 0.1) is 0 Å². The minimum Gasteiger partial charge on any atom is -0.481 e. The van der Waals surface area contributed by atoms with Crippen LogP contribution in [0.3, 0.4) is 0 Å². The number of rotatable bonds is 2. The van der Waals surface area contributed by atoms with Gasteiger partial charge in [-0.05, 0) is 42.5 Å². The normalized spacial score (nSPS) is 23.9. The lowest BCUT2D eigenvalue weighted by atomic mass is 9.77. The van der Waals surface area contributed by atoms with Gasteiger partial charge in [-0.25, -0.2) is 0 Å². The molecule has 0 spiro atoms. The van der Waals surface area contributed by atoms with Crippen molar-refractivity contribution >= 4 is 21.9 Å². The van der Waals surface area contributed by atoms with Crippen LogP contribution < -0.4 is 5.73 Å². The number of benzene rings is 1. The SMILES string of the molecule is NC1(CC(=O)O)CCc2cc(Br)ccc2C1. The number of carbonyl (C=O) groups is 1. The van der Waals surface area contributed by atoms with E-state index < -0.39 is 11.5 Å². The van der Waals surface area contributed by atoms with Gasteiger partial charge in [0.15, 0.2) is 0 Å². The Balaban J connectivity index is 2.23. The van der Waals surface area contributed by atoms with E-state index in [1.165, 1.54) is 11.1 Å². The molecule has 1 aliphatic carbocycles. The second-order valence-corrected chi connectivity index (χ2v) is 5.44. The van der Waals surface area contributed by atoms with Crippen molar-refractivity contribution in [2.75, 3.05) is 0 Å². The summed E-state index contributed by atoms with van der Waals surface area (Å²) in [6.07, 6.45) is 2.30. The highest BCUT2D eigenvalue weighted by atomic mass is 79.9. The topological polar surface area (TPSA) is 63.3 Å². The molecule has 0 radical (unpaired) electrons. The summed E-state index contributed by atoms with van der Waals surface area (Å²) >= 11 is 3.43. The highest BCUT2D eigenvalue weighted by Gasteiger charge is 2.32. The maximum atomic E-state index is 10.8. The Morgan fingerprint density at radius 3 is 2.94 bits per heavy atom. The van der Waals surface area contributed by atoms with Crippen LogP contribution in [0.15, 0.2) is 22.7 Å². The van der Waals surface area contributed by atoms with Crippen LogP contribution in [-0.4, -0.2) is 16.6 Å². The van der Waals surface area contributed by atoms with Gasteiger partial charge in [-0.15, -0.1) is 0 Å². The first-order valence-corrected chi connectivity index (χ1v) is 6.06. The van der Waals surface area contributed by atoms with Crippen LogP contribution in [0.5, 0.6) is 0 Å². The van der Waals surface area contributed by atoms with Gasteiger partial charge >= 0.3 is 5.97 Å². The van der Waals surface area contributed by atoms with Crippen molar-refractivity contribution in [1.82, 2.24) is 0 Å². The predicted octanol–water partition coefficient (Wildman–Crippen LogP) is 2.11. The smallest absolute Gasteiger partial charge is 0.305 e. The molecule has 1 aromatic rings. The first-order chi connectivity index (χ1) is 7.48. The average Bonchev–Trinajstić information content (AvgIpc) is 2.17. The number of carboxylic acid groups (broad SMARTS) is 1. The number of carboxylic acids is 1. The van der Waals surface area contributed by atoms with Gasteiger partial charge in [0.05, 0.1) is 6.42 Å². The van der Waals surface area contributed by atoms with Crippen LogP contribution in [0.1, 0.15) is 24.0 Å². The van der Waals surface area contributed by atoms with E-state index in [-0.39, 0.29) is 6.42 Å². The van der Waals surface area contributed by atoms with E-state index in [9.17, 15) is 4.79 Å². The molecule has 0 aliphatic heterocycles. The summed E-state index contributed by atoms with van der Waals surface area (Å²) in [5.41, 5.74) is 8.00. The number of halogens is 1. The van der Waals surface area contributed by atoms with Crippen molar-refractivity contribution in [2.45, 2.75) is 31.2 Å². The van der Waals surface area contributed by atoms with Crippen molar-refractivity contribution in [3.63, 3.8) is 0 Å². The van der Waals surface area contributed by atoms with E-state index in [0.29, 0.717) is 6.42 Å². The highest BCUT2D eigenvalue weighted by Crippen LogP contribution is 2.31. The number of nitrogens with two attached hydrogens (primary N) is 1. The van der Waals surface area contributed by atoms with Gasteiger partial charge in [0, 0.05) is 10.0 Å². The lowest BCUT2D eigenvalue weighted by Crippen LogP contribution is -2.46. The highest BCUT2D eigenvalue weighted by molar-refractivity contribution is 9.10. The molecule has 1 aliphatic rings. The quantitative estimate of drug-likeness (QED) is 0.874. The third-order valence-corrected chi connectivity index (χ3v) is 3.60. The summed E-state index contributed by atoms with van der Waals surface area (Å²) < 4.78 is 1.06. The summed E-state index contributed by atoms with van der Waals surface area (Å²) in [4.78, 5) is 10.8. The number of hydrogen-bond donors (Lipinski definition) is 2. The molecule has 2 rings (SSSR count). The average molecular weight is 284 g/mol. The number of aryl methyl sites for hydroxylation is 1. The molecule has 1 unspecified atom stereocenters. The fraction of sp³-hybridized carbons (Fsp3) is 0.417. The third kappa shape index (κ3) is 2.44. The summed E-state index contributed by atoms with van der Waals surface area (Å²) in [7, 11) is 0. The van der Waals surface area contributed by atoms with Gasteiger partial charge in [-0.2, -0.15) is 0 Å². The second kappa shape index (κ2) is 4.18. The zero-order valence-corrected chi connectivity index (χ0v) is 10.5. The number of fused-ring (bicyclic) bond motifs is 1. The molecular weight excluding hydrogens is 270 g/mol. The van der Waals surface area contributed by atoms with Crippen LogP contribution in [0.25, 0.3) is 0 Å². The van der Waals surface area contributed by atoms with E-state index in [2.05, 4.69) is 22.0 Å². The summed E-state index contributed by atoms with van der Waals surface area (Å²) in [5, 5.41) is 8.84. The molecule has 0 heterocycles. The van der Waals surface area contributed by atoms with Gasteiger partial charge in [-0.3, -0.25) is 4.79 Å². The van der Waals surface area contributed by atoms with Gasteiger partial charge < -0.3 is 10.8 Å². The Hall–Kier alpha value is -0.870. The van der Waals surface area contributed by atoms with Gasteiger partial charge in [0.1, 0.15) is 0 Å². The molecule has 3 nitrogen and oxygen atoms in total. The standard InChI is InChI=1S/C12H14BrNO2/c13-10-2-1-9-6-12(14,7-11(15)16)4-3-8(9)5-10/h1-2,5H,3-4,6-7,14H2,(H,15,16). The lowest BCUT2D eigenvalue weighted by Gasteiger charge is -2.33. The zero-order valence-electron chi connectivity index (χ0n) is 8.87. The Morgan fingerprint density at radius 1 is 1.50 bits per heavy atom. The first kappa shape index (κ1) is 11.6. The van der Waals surface area contributed by atoms with Crippen molar-refractivity contribution in [3.05, 3.63) is 33.8 Å². The van der Waals surface area contributed by atoms with Crippen LogP contribution in [0.4, 0.5) is 0 Å². The van der Waals surface area contributed by atoms with Crippen molar-refractivity contribution < 1.29 is 9.90 Å². The van der Waals surface area contributed by atoms with Crippen molar-refractivity contribution in [1.29, 1.82) is 0 Å². The molecule has 0 saturated carbocycles. The van der Waals surface area contributed by atoms with Crippen molar-refractivity contribution in [2.24, 2.45) is 5.73 Å². The second-order valence-electron chi connectivity index (χ2n) is 4.52. The maximum Gasteiger partial charge on any atom is 0.305 e. The Morgan fingerprint density at radius 2 is 2.25 bits per heavy atom. The monoisotopic (exact) mass is 283 g/mol. The van der Waals surface area contributed by atoms with Gasteiger partial charge in [0.2, 0.25) is 0 Å². The number of hydrogen-bond acceptors (Lipinski definition) is 2. The van der Waals surface area contributed by atoms with Crippen LogP contribution in [0.2, 0.25) is 0 Å². The van der Waals surface area contributed by atoms with Crippen molar-refractivity contribution in [3.8, 4) is 0 Å². The minimum absolute atomic E-state index is 0.0442. The summed E-state index contributed by atoms with van der Waals surface area (Å²) in [6, 6.07) is 6.10. The van der Waals surface area contributed by atoms with Crippen LogP contribution >= 0.6 is 15.9 Å². The lowest BCUT2D eigenvalue weighted by molar-refractivity contribution is -0.138. The van der Waals surface area contributed by atoms with Gasteiger partial charge in [-0.1, -0.05) is 22.0 Å². The fourth-order valence-corrected chi connectivity index (χ4v) is 2.71. The van der Waals surface area contributed by atoms with E-state index in [1.807, 2.05) is 12.1 Å². The largest absolute Gasteiger partial charge is 0.481 e. The molecule has 1 atom stereocenters. The van der Waals surface area contributed by atoms with Gasteiger partial charge in [0.25, 0.3) is 0 Å². The Kier molecular flexibility index (Phi) is 3.04. The molecule has 3 N–H and O–H groups in total. The van der Waals surface area contributed by atoms with E-state index in [4.69, 9.17) is 10.8 Å². The third-order valence-electron chi connectivity index (χ3n) is 3.11. The molecule has 4 heteroatoms. The molecule has 16 heavy (non-hydrogen) atoms. The summed E-state index contributed by atoms with van der Waals surface area (Å²) in [6.45, 7) is 0. The molecule has 1 aromatic carbocycles. The molecule has 0 saturated heterocycles. The number of aliphatic carboxylic acids is 1. The molecule has 0 aromatic heterocycles. The summed E-state index contributed by atoms with van der Waals surface area (Å²) in [5.74, 6) is -0.817. The molecule has 0 bridgehead atoms. The fourth-order valence-electron chi connectivity index (χ4n) is 2.30. The molecule has 0 amide bonds. The van der Waals surface area contributed by atoms with E-state index in [0.717, 1.165) is 17.3 Å². The maximum absolute atomic E-state index is 10.8. The Bertz CT molecular complexity index is 433. The van der Waals surface area contributed by atoms with Crippen LogP contribution in [-0.2, 0) is 17.6 Å². The zero-order chi connectivity index (χ0) is 11.8. The first-order valence-electron chi connectivity index (χ1n) is 5.26. The molecule has 0 fully saturated rings. The minimum atomic E-state index is -0.817. The Labute approximate surface area is 103 Å². The van der Waals surface area contributed by atoms with E-state index >= 15 is 0 Å². The van der Waals surface area contributed by atoms with E-state index in [1.54, 1.807) is 0 Å².